The Bertz CT molecular complexity index is 511. The van der Waals surface area contributed by atoms with Gasteiger partial charge in [-0.15, -0.1) is 0 Å². The Morgan fingerprint density at radius 1 is 1.11 bits per heavy atom. The van der Waals surface area contributed by atoms with Gasteiger partial charge in [0.2, 0.25) is 0 Å². The minimum Gasteiger partial charge on any atom is -0.486 e. The molecule has 1 aromatic carbocycles. The first-order valence-corrected chi connectivity index (χ1v) is 6.01. The van der Waals surface area contributed by atoms with Crippen molar-refractivity contribution in [2.24, 2.45) is 0 Å². The van der Waals surface area contributed by atoms with Gasteiger partial charge in [0.15, 0.2) is 11.5 Å². The van der Waals surface area contributed by atoms with Crippen molar-refractivity contribution in [3.05, 3.63) is 35.9 Å². The number of fused-ring (bicyclic) bond motifs is 1. The second kappa shape index (κ2) is 4.05. The number of aliphatic carboxylic acids is 1. The van der Waals surface area contributed by atoms with E-state index in [1.807, 2.05) is 18.2 Å². The van der Waals surface area contributed by atoms with Gasteiger partial charge in [0.05, 0.1) is 5.41 Å². The van der Waals surface area contributed by atoms with Gasteiger partial charge in [-0.3, -0.25) is 4.79 Å². The van der Waals surface area contributed by atoms with Crippen LogP contribution in [0, 0.1) is 0 Å². The first kappa shape index (κ1) is 11.1. The first-order chi connectivity index (χ1) is 8.72. The van der Waals surface area contributed by atoms with Crippen molar-refractivity contribution < 1.29 is 19.4 Å². The zero-order valence-corrected chi connectivity index (χ0v) is 9.89. The Balaban J connectivity index is 2.03. The van der Waals surface area contributed by atoms with Gasteiger partial charge in [0, 0.05) is 0 Å². The molecule has 0 bridgehead atoms. The molecule has 1 aliphatic heterocycles. The molecule has 1 N–H and O–H groups in total. The van der Waals surface area contributed by atoms with Crippen LogP contribution in [-0.4, -0.2) is 24.3 Å². The lowest BCUT2D eigenvalue weighted by Crippen LogP contribution is -2.33. The molecular weight excluding hydrogens is 232 g/mol. The van der Waals surface area contributed by atoms with Gasteiger partial charge in [0.25, 0.3) is 0 Å². The van der Waals surface area contributed by atoms with E-state index in [9.17, 15) is 9.90 Å². The Labute approximate surface area is 105 Å². The van der Waals surface area contributed by atoms with Crippen LogP contribution in [0.4, 0.5) is 0 Å². The van der Waals surface area contributed by atoms with E-state index in [1.165, 1.54) is 0 Å². The maximum Gasteiger partial charge on any atom is 0.314 e. The molecule has 0 atom stereocenters. The van der Waals surface area contributed by atoms with Crippen LogP contribution in [0.1, 0.15) is 18.4 Å². The summed E-state index contributed by atoms with van der Waals surface area (Å²) in [6.45, 7) is 1.05. The number of carbonyl (C=O) groups is 1. The molecule has 0 amide bonds. The molecule has 94 valence electrons. The van der Waals surface area contributed by atoms with Crippen LogP contribution in [0.2, 0.25) is 0 Å². The van der Waals surface area contributed by atoms with E-state index in [2.05, 4.69) is 0 Å². The molecular formula is C14H14O4. The van der Waals surface area contributed by atoms with E-state index in [4.69, 9.17) is 9.47 Å². The zero-order valence-electron chi connectivity index (χ0n) is 9.89. The van der Waals surface area contributed by atoms with Crippen LogP contribution >= 0.6 is 0 Å². The summed E-state index contributed by atoms with van der Waals surface area (Å²) in [6.07, 6.45) is 4.90. The highest BCUT2D eigenvalue weighted by molar-refractivity contribution is 5.83. The van der Waals surface area contributed by atoms with Crippen LogP contribution in [0.25, 0.3) is 0 Å². The average Bonchev–Trinajstić information content (AvgIpc) is 2.89. The zero-order chi connectivity index (χ0) is 12.6. The van der Waals surface area contributed by atoms with Crippen molar-refractivity contribution in [3.63, 3.8) is 0 Å². The first-order valence-electron chi connectivity index (χ1n) is 6.01. The molecule has 1 aliphatic carbocycles. The maximum absolute atomic E-state index is 11.6. The van der Waals surface area contributed by atoms with Gasteiger partial charge in [-0.1, -0.05) is 18.2 Å². The number of carboxylic acids is 1. The molecule has 0 radical (unpaired) electrons. The number of ether oxygens (including phenoxy) is 2. The number of carboxylic acid groups (broad SMARTS) is 1. The predicted octanol–water partition coefficient (Wildman–Crippen LogP) is 2.13. The molecule has 1 aromatic rings. The Kier molecular flexibility index (Phi) is 2.51. The standard InChI is InChI=1S/C14H14O4/c15-13(16)14(5-1-2-6-14)10-3-4-11-12(9-10)18-8-7-17-11/h1-4,9H,5-8H2,(H,15,16). The van der Waals surface area contributed by atoms with Crippen LogP contribution in [0.3, 0.4) is 0 Å². The lowest BCUT2D eigenvalue weighted by Gasteiger charge is -2.26. The second-order valence-electron chi connectivity index (χ2n) is 4.63. The molecule has 18 heavy (non-hydrogen) atoms. The summed E-state index contributed by atoms with van der Waals surface area (Å²) in [6, 6.07) is 5.43. The maximum atomic E-state index is 11.6. The van der Waals surface area contributed by atoms with Crippen LogP contribution in [0.5, 0.6) is 11.5 Å². The van der Waals surface area contributed by atoms with E-state index < -0.39 is 11.4 Å². The Hall–Kier alpha value is -1.97. The van der Waals surface area contributed by atoms with E-state index in [0.29, 0.717) is 37.6 Å². The third kappa shape index (κ3) is 1.56. The predicted molar refractivity (Wildman–Crippen MR) is 65.1 cm³/mol. The number of allylic oxidation sites excluding steroid dienone is 2. The molecule has 4 nitrogen and oxygen atoms in total. The third-order valence-electron chi connectivity index (χ3n) is 3.60. The van der Waals surface area contributed by atoms with E-state index in [-0.39, 0.29) is 0 Å². The fourth-order valence-corrected chi connectivity index (χ4v) is 2.53. The minimum absolute atomic E-state index is 0.509. The fraction of sp³-hybridized carbons (Fsp3) is 0.357. The van der Waals surface area contributed by atoms with Crippen molar-refractivity contribution in [2.75, 3.05) is 13.2 Å². The molecule has 0 saturated carbocycles. The summed E-state index contributed by atoms with van der Waals surface area (Å²) in [7, 11) is 0. The Morgan fingerprint density at radius 2 is 1.78 bits per heavy atom. The minimum atomic E-state index is -0.837. The van der Waals surface area contributed by atoms with Gasteiger partial charge in [-0.2, -0.15) is 0 Å². The van der Waals surface area contributed by atoms with E-state index in [1.54, 1.807) is 12.1 Å². The largest absolute Gasteiger partial charge is 0.486 e. The summed E-state index contributed by atoms with van der Waals surface area (Å²) in [4.78, 5) is 11.6. The molecule has 0 fully saturated rings. The number of rotatable bonds is 2. The molecule has 0 aromatic heterocycles. The van der Waals surface area contributed by atoms with Gasteiger partial charge in [0.1, 0.15) is 13.2 Å². The number of benzene rings is 1. The average molecular weight is 246 g/mol. The summed E-state index contributed by atoms with van der Waals surface area (Å²) < 4.78 is 11.0. The van der Waals surface area contributed by atoms with Crippen molar-refractivity contribution in [1.82, 2.24) is 0 Å². The summed E-state index contributed by atoms with van der Waals surface area (Å²) >= 11 is 0. The quantitative estimate of drug-likeness (QED) is 0.812. The molecule has 4 heteroatoms. The topological polar surface area (TPSA) is 55.8 Å². The molecule has 0 unspecified atom stereocenters. The van der Waals surface area contributed by atoms with Gasteiger partial charge in [-0.25, -0.2) is 0 Å². The van der Waals surface area contributed by atoms with Crippen LogP contribution in [-0.2, 0) is 10.2 Å². The lowest BCUT2D eigenvalue weighted by molar-refractivity contribution is -0.143. The molecule has 3 rings (SSSR count). The number of hydrogen-bond donors (Lipinski definition) is 1. The van der Waals surface area contributed by atoms with E-state index >= 15 is 0 Å². The Morgan fingerprint density at radius 3 is 2.44 bits per heavy atom. The summed E-state index contributed by atoms with van der Waals surface area (Å²) in [5.41, 5.74) is -0.0558. The summed E-state index contributed by atoms with van der Waals surface area (Å²) in [5, 5.41) is 9.51. The second-order valence-corrected chi connectivity index (χ2v) is 4.63. The molecule has 2 aliphatic rings. The lowest BCUT2D eigenvalue weighted by atomic mass is 9.78. The highest BCUT2D eigenvalue weighted by Gasteiger charge is 2.41. The fourth-order valence-electron chi connectivity index (χ4n) is 2.53. The molecule has 0 spiro atoms. The normalized spacial score (nSPS) is 19.8. The highest BCUT2D eigenvalue weighted by atomic mass is 16.6. The van der Waals surface area contributed by atoms with Gasteiger partial charge >= 0.3 is 5.97 Å². The molecule has 0 saturated heterocycles. The van der Waals surface area contributed by atoms with E-state index in [0.717, 1.165) is 5.56 Å². The monoisotopic (exact) mass is 246 g/mol. The van der Waals surface area contributed by atoms with Gasteiger partial charge in [-0.05, 0) is 30.5 Å². The van der Waals surface area contributed by atoms with Crippen LogP contribution in [0.15, 0.2) is 30.4 Å². The van der Waals surface area contributed by atoms with Crippen molar-refractivity contribution >= 4 is 5.97 Å². The van der Waals surface area contributed by atoms with Crippen molar-refractivity contribution in [2.45, 2.75) is 18.3 Å². The smallest absolute Gasteiger partial charge is 0.314 e. The third-order valence-corrected chi connectivity index (χ3v) is 3.60. The molecule has 1 heterocycles. The highest BCUT2D eigenvalue weighted by Crippen LogP contribution is 2.41. The number of hydrogen-bond acceptors (Lipinski definition) is 3. The van der Waals surface area contributed by atoms with Crippen molar-refractivity contribution in [1.29, 1.82) is 0 Å². The SMILES string of the molecule is O=C(O)C1(c2ccc3c(c2)OCCO3)CC=CC1. The summed E-state index contributed by atoms with van der Waals surface area (Å²) in [5.74, 6) is 0.548. The van der Waals surface area contributed by atoms with Crippen LogP contribution < -0.4 is 9.47 Å². The van der Waals surface area contributed by atoms with Crippen molar-refractivity contribution in [3.8, 4) is 11.5 Å². The van der Waals surface area contributed by atoms with Gasteiger partial charge < -0.3 is 14.6 Å².